The molecule has 3 aromatic rings. The van der Waals surface area contributed by atoms with E-state index in [1.165, 1.54) is 24.3 Å². The number of amides is 1. The zero-order valence-electron chi connectivity index (χ0n) is 18.4. The summed E-state index contributed by atoms with van der Waals surface area (Å²) in [7, 11) is 0. The van der Waals surface area contributed by atoms with Gasteiger partial charge in [-0.2, -0.15) is 0 Å². The Morgan fingerprint density at radius 2 is 1.67 bits per heavy atom. The lowest BCUT2D eigenvalue weighted by molar-refractivity contribution is -0.117. The molecule has 0 bridgehead atoms. The van der Waals surface area contributed by atoms with Gasteiger partial charge in [0.1, 0.15) is 21.7 Å². The van der Waals surface area contributed by atoms with Gasteiger partial charge in [-0.3, -0.25) is 9.59 Å². The summed E-state index contributed by atoms with van der Waals surface area (Å²) in [6.07, 6.45) is -0.409. The summed E-state index contributed by atoms with van der Waals surface area (Å²) in [5.74, 6) is -5.18. The number of ketones is 1. The van der Waals surface area contributed by atoms with Gasteiger partial charge in [-0.1, -0.05) is 35.3 Å². The van der Waals surface area contributed by atoms with Crippen LogP contribution in [0.2, 0.25) is 10.0 Å². The molecule has 4 nitrogen and oxygen atoms in total. The van der Waals surface area contributed by atoms with Crippen LogP contribution in [0.25, 0.3) is 0 Å². The minimum atomic E-state index is -1.46. The molecule has 3 N–H and O–H groups in total. The normalized spacial score (nSPS) is 18.1. The minimum absolute atomic E-state index is 0.0864. The summed E-state index contributed by atoms with van der Waals surface area (Å²) < 4.78 is 39.8. The number of carbonyl (C=O) groups excluding carboxylic acids is 2. The van der Waals surface area contributed by atoms with Gasteiger partial charge in [-0.05, 0) is 53.9 Å². The smallest absolute Gasteiger partial charge is 0.231 e. The van der Waals surface area contributed by atoms with Crippen LogP contribution in [0.1, 0.15) is 33.0 Å². The van der Waals surface area contributed by atoms with Crippen LogP contribution < -0.4 is 11.1 Å². The molecular formula is C25H17Cl4F3N2O2. The second kappa shape index (κ2) is 9.78. The highest BCUT2D eigenvalue weighted by Crippen LogP contribution is 2.65. The first-order valence-electron chi connectivity index (χ1n) is 10.5. The maximum atomic E-state index is 14.3. The fraction of sp³-hybridized carbons (Fsp3) is 0.200. The monoisotopic (exact) mass is 574 g/mol. The van der Waals surface area contributed by atoms with Crippen molar-refractivity contribution in [3.63, 3.8) is 0 Å². The van der Waals surface area contributed by atoms with Crippen LogP contribution in [0.3, 0.4) is 0 Å². The average Bonchev–Trinajstić information content (AvgIpc) is 3.40. The standard InChI is InChI=1S/C25H17Cl4F3N2O2/c1-10-14(19(35)7-12-3-5-18(31)23(33)22(12)32)8-13(9-15(10)26)34-24(36)21-20(25(21,28)29)11-2-4-17(30)16(27)6-11/h2-6,8-9,20-21H,7,33H2,1H3,(H,34,36). The predicted molar refractivity (Wildman–Crippen MR) is 136 cm³/mol. The molecule has 188 valence electrons. The zero-order valence-corrected chi connectivity index (χ0v) is 21.5. The lowest BCUT2D eigenvalue weighted by Crippen LogP contribution is -2.18. The SMILES string of the molecule is Cc1c(Cl)cc(NC(=O)C2C(c3ccc(F)c(Cl)c3)C2(Cl)Cl)cc1C(=O)Cc1ccc(F)c(N)c1F. The largest absolute Gasteiger partial charge is 0.394 e. The number of benzene rings is 3. The van der Waals surface area contributed by atoms with Gasteiger partial charge in [0.2, 0.25) is 5.91 Å². The Bertz CT molecular complexity index is 1410. The van der Waals surface area contributed by atoms with Gasteiger partial charge in [0, 0.05) is 28.6 Å². The van der Waals surface area contributed by atoms with E-state index in [9.17, 15) is 22.8 Å². The highest BCUT2D eigenvalue weighted by molar-refractivity contribution is 6.53. The highest BCUT2D eigenvalue weighted by Gasteiger charge is 2.67. The molecule has 0 radical (unpaired) electrons. The van der Waals surface area contributed by atoms with E-state index in [2.05, 4.69) is 5.32 Å². The molecule has 1 amide bonds. The molecule has 1 saturated carbocycles. The number of nitrogens with one attached hydrogen (secondary N) is 1. The Morgan fingerprint density at radius 1 is 1.00 bits per heavy atom. The number of carbonyl (C=O) groups is 2. The van der Waals surface area contributed by atoms with Crippen LogP contribution in [-0.4, -0.2) is 16.0 Å². The van der Waals surface area contributed by atoms with Gasteiger partial charge in [-0.15, -0.1) is 23.2 Å². The molecule has 0 aromatic heterocycles. The van der Waals surface area contributed by atoms with Crippen LogP contribution >= 0.6 is 46.4 Å². The molecule has 0 aliphatic heterocycles. The van der Waals surface area contributed by atoms with Crippen molar-refractivity contribution in [1.82, 2.24) is 0 Å². The average molecular weight is 576 g/mol. The molecule has 2 unspecified atom stereocenters. The van der Waals surface area contributed by atoms with Crippen molar-refractivity contribution in [2.45, 2.75) is 23.6 Å². The predicted octanol–water partition coefficient (Wildman–Crippen LogP) is 7.25. The molecule has 0 saturated heterocycles. The topological polar surface area (TPSA) is 72.2 Å². The van der Waals surface area contributed by atoms with Crippen LogP contribution in [0.15, 0.2) is 42.5 Å². The first-order valence-corrected chi connectivity index (χ1v) is 12.0. The number of rotatable bonds is 6. The number of hydrogen-bond acceptors (Lipinski definition) is 3. The van der Waals surface area contributed by atoms with Crippen molar-refractivity contribution >= 4 is 69.5 Å². The van der Waals surface area contributed by atoms with Gasteiger partial charge in [0.15, 0.2) is 11.6 Å². The molecule has 4 rings (SSSR count). The summed E-state index contributed by atoms with van der Waals surface area (Å²) in [5, 5.41) is 2.69. The molecule has 1 aliphatic carbocycles. The van der Waals surface area contributed by atoms with Crippen LogP contribution in [-0.2, 0) is 11.2 Å². The number of nitrogen functional groups attached to an aromatic ring is 1. The summed E-state index contributed by atoms with van der Waals surface area (Å²) in [5.41, 5.74) is 5.82. The van der Waals surface area contributed by atoms with Crippen molar-refractivity contribution in [3.8, 4) is 0 Å². The fourth-order valence-corrected chi connectivity index (χ4v) is 5.29. The number of nitrogens with two attached hydrogens (primary N) is 1. The third kappa shape index (κ3) is 4.90. The molecule has 3 aromatic carbocycles. The van der Waals surface area contributed by atoms with E-state index in [4.69, 9.17) is 52.1 Å². The Hall–Kier alpha value is -2.45. The van der Waals surface area contributed by atoms with Crippen LogP contribution in [0, 0.1) is 30.3 Å². The third-order valence-corrected chi connectivity index (χ3v) is 7.73. The Labute approximate surface area is 224 Å². The maximum absolute atomic E-state index is 14.3. The van der Waals surface area contributed by atoms with E-state index in [-0.39, 0.29) is 26.9 Å². The summed E-state index contributed by atoms with van der Waals surface area (Å²) >= 11 is 24.8. The number of anilines is 2. The van der Waals surface area contributed by atoms with Gasteiger partial charge in [0.05, 0.1) is 10.9 Å². The quantitative estimate of drug-likeness (QED) is 0.185. The molecule has 1 fully saturated rings. The van der Waals surface area contributed by atoms with E-state index in [1.54, 1.807) is 6.92 Å². The second-order valence-corrected chi connectivity index (χ2v) is 10.7. The van der Waals surface area contributed by atoms with Crippen molar-refractivity contribution in [2.24, 2.45) is 5.92 Å². The van der Waals surface area contributed by atoms with Crippen molar-refractivity contribution in [2.75, 3.05) is 11.1 Å². The van der Waals surface area contributed by atoms with Crippen molar-refractivity contribution < 1.29 is 22.8 Å². The van der Waals surface area contributed by atoms with Crippen LogP contribution in [0.4, 0.5) is 24.5 Å². The van der Waals surface area contributed by atoms with E-state index < -0.39 is 57.4 Å². The molecule has 0 heterocycles. The summed E-state index contributed by atoms with van der Waals surface area (Å²) in [6, 6.07) is 8.90. The van der Waals surface area contributed by atoms with E-state index >= 15 is 0 Å². The molecule has 1 aliphatic rings. The summed E-state index contributed by atoms with van der Waals surface area (Å²) in [4.78, 5) is 26.0. The first-order chi connectivity index (χ1) is 16.8. The zero-order chi connectivity index (χ0) is 26.5. The van der Waals surface area contributed by atoms with Crippen molar-refractivity contribution in [1.29, 1.82) is 0 Å². The van der Waals surface area contributed by atoms with Crippen molar-refractivity contribution in [3.05, 3.63) is 92.2 Å². The number of alkyl halides is 2. The Kier molecular flexibility index (Phi) is 7.23. The number of Topliss-reactive ketones (excluding diaryl/α,β-unsaturated/α-hetero) is 1. The van der Waals surface area contributed by atoms with Gasteiger partial charge >= 0.3 is 0 Å². The molecule has 36 heavy (non-hydrogen) atoms. The van der Waals surface area contributed by atoms with E-state index in [1.807, 2.05) is 0 Å². The van der Waals surface area contributed by atoms with E-state index in [0.717, 1.165) is 18.2 Å². The summed E-state index contributed by atoms with van der Waals surface area (Å²) in [6.45, 7) is 1.59. The van der Waals surface area contributed by atoms with Gasteiger partial charge in [-0.25, -0.2) is 13.2 Å². The lowest BCUT2D eigenvalue weighted by atomic mass is 9.97. The van der Waals surface area contributed by atoms with Gasteiger partial charge < -0.3 is 11.1 Å². The van der Waals surface area contributed by atoms with E-state index in [0.29, 0.717) is 11.1 Å². The Balaban J connectivity index is 1.56. The number of halogens is 7. The lowest BCUT2D eigenvalue weighted by Gasteiger charge is -2.13. The molecular weight excluding hydrogens is 559 g/mol. The fourth-order valence-electron chi connectivity index (χ4n) is 4.05. The maximum Gasteiger partial charge on any atom is 0.231 e. The minimum Gasteiger partial charge on any atom is -0.394 e. The highest BCUT2D eigenvalue weighted by atomic mass is 35.5. The third-order valence-electron chi connectivity index (χ3n) is 6.11. The number of hydrogen-bond donors (Lipinski definition) is 2. The molecule has 0 spiro atoms. The molecule has 11 heteroatoms. The molecule has 2 atom stereocenters. The van der Waals surface area contributed by atoms with Gasteiger partial charge in [0.25, 0.3) is 0 Å². The Morgan fingerprint density at radius 3 is 2.33 bits per heavy atom. The second-order valence-electron chi connectivity index (χ2n) is 8.46. The van der Waals surface area contributed by atoms with Crippen LogP contribution in [0.5, 0.6) is 0 Å². The first kappa shape index (κ1) is 26.6.